The summed E-state index contributed by atoms with van der Waals surface area (Å²) in [7, 11) is 0. The van der Waals surface area contributed by atoms with Crippen molar-refractivity contribution in [2.75, 3.05) is 6.61 Å². The van der Waals surface area contributed by atoms with Crippen molar-refractivity contribution in [3.8, 4) is 0 Å². The van der Waals surface area contributed by atoms with Gasteiger partial charge in [-0.25, -0.2) is 0 Å². The van der Waals surface area contributed by atoms with Gasteiger partial charge >= 0.3 is 0 Å². The first-order valence-electron chi connectivity index (χ1n) is 7.84. The minimum Gasteiger partial charge on any atom is -0.367 e. The van der Waals surface area contributed by atoms with Crippen LogP contribution < -0.4 is 11.1 Å². The van der Waals surface area contributed by atoms with E-state index in [0.717, 1.165) is 12.8 Å². The molecule has 0 aromatic carbocycles. The number of unbranched alkanes of at least 4 members (excludes halogenated alkanes) is 2. The van der Waals surface area contributed by atoms with Crippen molar-refractivity contribution >= 4 is 5.91 Å². The van der Waals surface area contributed by atoms with Crippen LogP contribution in [0.3, 0.4) is 0 Å². The van der Waals surface area contributed by atoms with Crippen molar-refractivity contribution in [1.29, 1.82) is 0 Å². The highest BCUT2D eigenvalue weighted by molar-refractivity contribution is 5.78. The topological polar surface area (TPSA) is 64.3 Å². The van der Waals surface area contributed by atoms with E-state index in [1.165, 1.54) is 38.5 Å². The number of rotatable bonds is 9. The lowest BCUT2D eigenvalue weighted by Gasteiger charge is -2.31. The van der Waals surface area contributed by atoms with Gasteiger partial charge in [-0.15, -0.1) is 0 Å². The van der Waals surface area contributed by atoms with E-state index in [1.807, 2.05) is 0 Å². The third-order valence-corrected chi connectivity index (χ3v) is 3.86. The molecular weight excluding hydrogens is 240 g/mol. The van der Waals surface area contributed by atoms with Crippen LogP contribution in [0.4, 0.5) is 0 Å². The second-order valence-corrected chi connectivity index (χ2v) is 5.65. The summed E-state index contributed by atoms with van der Waals surface area (Å²) in [6, 6.07) is 0.976. The summed E-state index contributed by atoms with van der Waals surface area (Å²) >= 11 is 0. The number of hydrogen-bond donors (Lipinski definition) is 2. The average molecular weight is 270 g/mol. The highest BCUT2D eigenvalue weighted by atomic mass is 16.5. The Morgan fingerprint density at radius 1 is 1.26 bits per heavy atom. The average Bonchev–Trinajstić information content (AvgIpc) is 2.40. The largest absolute Gasteiger partial charge is 0.367 e. The molecule has 4 heteroatoms. The van der Waals surface area contributed by atoms with Gasteiger partial charge in [-0.05, 0) is 25.7 Å². The predicted octanol–water partition coefficient (Wildman–Crippen LogP) is 2.36. The van der Waals surface area contributed by atoms with Crippen LogP contribution in [0.1, 0.15) is 65.2 Å². The Morgan fingerprint density at radius 2 is 2.05 bits per heavy atom. The fourth-order valence-corrected chi connectivity index (χ4v) is 2.74. The van der Waals surface area contributed by atoms with Gasteiger partial charge in [0.15, 0.2) is 0 Å². The van der Waals surface area contributed by atoms with Gasteiger partial charge in [0.25, 0.3) is 0 Å². The van der Waals surface area contributed by atoms with Crippen LogP contribution in [0.2, 0.25) is 0 Å². The molecule has 1 aliphatic heterocycles. The minimum absolute atomic E-state index is 0.327. The van der Waals surface area contributed by atoms with E-state index >= 15 is 0 Å². The zero-order chi connectivity index (χ0) is 14.1. The Morgan fingerprint density at radius 3 is 2.58 bits per heavy atom. The van der Waals surface area contributed by atoms with Crippen LogP contribution in [0.15, 0.2) is 0 Å². The summed E-state index contributed by atoms with van der Waals surface area (Å²) in [5.74, 6) is -0.327. The molecule has 112 valence electrons. The third-order valence-electron chi connectivity index (χ3n) is 3.86. The normalized spacial score (nSPS) is 25.2. The van der Waals surface area contributed by atoms with Crippen LogP contribution in [0.25, 0.3) is 0 Å². The van der Waals surface area contributed by atoms with Crippen molar-refractivity contribution in [1.82, 2.24) is 5.32 Å². The number of primary amides is 1. The van der Waals surface area contributed by atoms with Crippen LogP contribution in [0, 0.1) is 0 Å². The number of nitrogens with one attached hydrogen (secondary N) is 1. The zero-order valence-electron chi connectivity index (χ0n) is 12.5. The van der Waals surface area contributed by atoms with Gasteiger partial charge in [-0.3, -0.25) is 4.79 Å². The van der Waals surface area contributed by atoms with Crippen LogP contribution in [-0.4, -0.2) is 30.7 Å². The molecule has 1 aliphatic rings. The number of carbonyl (C=O) groups is 1. The fourth-order valence-electron chi connectivity index (χ4n) is 2.74. The lowest BCUT2D eigenvalue weighted by atomic mass is 9.99. The standard InChI is InChI=1S/C15H30N2O2/c1-3-5-6-8-12(7-4-2)17-13-9-10-14(15(16)18)19-11-13/h12-14,17H,3-11H2,1-2H3,(H2,16,18). The lowest BCUT2D eigenvalue weighted by molar-refractivity contribution is -0.133. The summed E-state index contributed by atoms with van der Waals surface area (Å²) in [6.45, 7) is 5.08. The fraction of sp³-hybridized carbons (Fsp3) is 0.933. The molecule has 0 aliphatic carbocycles. The maximum atomic E-state index is 11.0. The predicted molar refractivity (Wildman–Crippen MR) is 77.9 cm³/mol. The summed E-state index contributed by atoms with van der Waals surface area (Å²) in [5, 5.41) is 3.70. The Hall–Kier alpha value is -0.610. The van der Waals surface area contributed by atoms with Gasteiger partial charge in [0, 0.05) is 12.1 Å². The van der Waals surface area contributed by atoms with Crippen LogP contribution in [-0.2, 0) is 9.53 Å². The van der Waals surface area contributed by atoms with Crippen molar-refractivity contribution in [2.45, 2.75) is 83.4 Å². The van der Waals surface area contributed by atoms with Crippen molar-refractivity contribution < 1.29 is 9.53 Å². The number of amides is 1. The zero-order valence-corrected chi connectivity index (χ0v) is 12.5. The number of nitrogens with two attached hydrogens (primary N) is 1. The molecule has 1 fully saturated rings. The first-order chi connectivity index (χ1) is 9.17. The Labute approximate surface area is 117 Å². The molecule has 3 unspecified atom stereocenters. The molecule has 0 radical (unpaired) electrons. The highest BCUT2D eigenvalue weighted by Crippen LogP contribution is 2.16. The quantitative estimate of drug-likeness (QED) is 0.632. The summed E-state index contributed by atoms with van der Waals surface area (Å²) in [6.07, 6.45) is 8.92. The van der Waals surface area contributed by atoms with E-state index in [9.17, 15) is 4.79 Å². The first-order valence-corrected chi connectivity index (χ1v) is 7.84. The van der Waals surface area contributed by atoms with Crippen molar-refractivity contribution in [3.63, 3.8) is 0 Å². The highest BCUT2D eigenvalue weighted by Gasteiger charge is 2.26. The molecule has 3 atom stereocenters. The second-order valence-electron chi connectivity index (χ2n) is 5.65. The van der Waals surface area contributed by atoms with Gasteiger partial charge in [0.1, 0.15) is 6.10 Å². The number of carbonyl (C=O) groups excluding carboxylic acids is 1. The van der Waals surface area contributed by atoms with E-state index < -0.39 is 0 Å². The maximum absolute atomic E-state index is 11.0. The van der Waals surface area contributed by atoms with E-state index in [-0.39, 0.29) is 12.0 Å². The van der Waals surface area contributed by atoms with E-state index in [1.54, 1.807) is 0 Å². The van der Waals surface area contributed by atoms with Crippen LogP contribution >= 0.6 is 0 Å². The molecule has 1 heterocycles. The molecule has 1 saturated heterocycles. The van der Waals surface area contributed by atoms with E-state index in [2.05, 4.69) is 19.2 Å². The van der Waals surface area contributed by atoms with Crippen molar-refractivity contribution in [2.24, 2.45) is 5.73 Å². The number of ether oxygens (including phenoxy) is 1. The van der Waals surface area contributed by atoms with E-state index in [4.69, 9.17) is 10.5 Å². The molecule has 4 nitrogen and oxygen atoms in total. The third kappa shape index (κ3) is 6.39. The summed E-state index contributed by atoms with van der Waals surface area (Å²) in [5.41, 5.74) is 5.26. The summed E-state index contributed by atoms with van der Waals surface area (Å²) < 4.78 is 5.52. The molecule has 19 heavy (non-hydrogen) atoms. The first kappa shape index (κ1) is 16.4. The molecular formula is C15H30N2O2. The number of hydrogen-bond acceptors (Lipinski definition) is 3. The molecule has 0 spiro atoms. The molecule has 0 aromatic heterocycles. The Bertz CT molecular complexity index is 251. The Kier molecular flexibility index (Phi) is 8.07. The van der Waals surface area contributed by atoms with E-state index in [0.29, 0.717) is 18.7 Å². The molecule has 0 saturated carbocycles. The smallest absolute Gasteiger partial charge is 0.246 e. The molecule has 0 aromatic rings. The molecule has 0 bridgehead atoms. The SMILES string of the molecule is CCCCCC(CCC)NC1CCC(C(N)=O)OC1. The molecule has 3 N–H and O–H groups in total. The lowest BCUT2D eigenvalue weighted by Crippen LogP contribution is -2.47. The van der Waals surface area contributed by atoms with Crippen molar-refractivity contribution in [3.05, 3.63) is 0 Å². The molecule has 1 amide bonds. The van der Waals surface area contributed by atoms with Gasteiger partial charge in [0.05, 0.1) is 6.61 Å². The van der Waals surface area contributed by atoms with Gasteiger partial charge in [-0.1, -0.05) is 39.5 Å². The van der Waals surface area contributed by atoms with Gasteiger partial charge in [-0.2, -0.15) is 0 Å². The molecule has 1 rings (SSSR count). The minimum atomic E-state index is -0.372. The van der Waals surface area contributed by atoms with Gasteiger partial charge in [0.2, 0.25) is 5.91 Å². The summed E-state index contributed by atoms with van der Waals surface area (Å²) in [4.78, 5) is 11.0. The van der Waals surface area contributed by atoms with Gasteiger partial charge < -0.3 is 15.8 Å². The second kappa shape index (κ2) is 9.32. The van der Waals surface area contributed by atoms with Crippen LogP contribution in [0.5, 0.6) is 0 Å². The monoisotopic (exact) mass is 270 g/mol. The Balaban J connectivity index is 2.28. The maximum Gasteiger partial charge on any atom is 0.246 e.